The van der Waals surface area contributed by atoms with Gasteiger partial charge in [-0.2, -0.15) is 0 Å². The Hall–Kier alpha value is -0.320. The molecule has 0 saturated heterocycles. The molecule has 0 saturated carbocycles. The molecule has 28 heavy (non-hydrogen) atoms. The van der Waals surface area contributed by atoms with E-state index in [1.165, 1.54) is 11.1 Å². The van der Waals surface area contributed by atoms with Crippen LogP contribution in [0.3, 0.4) is 0 Å². The van der Waals surface area contributed by atoms with Crippen LogP contribution in [-0.4, -0.2) is 56.8 Å². The first kappa shape index (κ1) is 25.7. The number of benzene rings is 1. The van der Waals surface area contributed by atoms with Gasteiger partial charge in [-0.3, -0.25) is 0 Å². The molecule has 0 heterocycles. The van der Waals surface area contributed by atoms with Crippen molar-refractivity contribution in [3.05, 3.63) is 29.3 Å². The van der Waals surface area contributed by atoms with Crippen LogP contribution in [0, 0.1) is 4.28 Å². The van der Waals surface area contributed by atoms with Crippen LogP contribution in [0.15, 0.2) is 18.2 Å². The topological polar surface area (TPSA) is 6.48 Å². The molecule has 0 unspecified atom stereocenters. The Morgan fingerprint density at radius 3 is 1.39 bits per heavy atom. The molecule has 0 N–H and O–H groups in total. The summed E-state index contributed by atoms with van der Waals surface area (Å²) >= 11 is -0.351. The minimum absolute atomic E-state index is 0.351. The maximum absolute atomic E-state index is 4.01. The summed E-state index contributed by atoms with van der Waals surface area (Å²) in [6.45, 7) is 27.9. The third-order valence-electron chi connectivity index (χ3n) is 5.16. The molecular formula is C24H44GeN2Si. The second kappa shape index (κ2) is 11.2. The van der Waals surface area contributed by atoms with E-state index in [9.17, 15) is 0 Å². The maximum atomic E-state index is 4.01. The van der Waals surface area contributed by atoms with E-state index in [0.29, 0.717) is 24.2 Å². The van der Waals surface area contributed by atoms with Gasteiger partial charge in [-0.1, -0.05) is 0 Å². The summed E-state index contributed by atoms with van der Waals surface area (Å²) in [5.41, 5.74) is 3.08. The van der Waals surface area contributed by atoms with Crippen LogP contribution in [0.1, 0.15) is 66.5 Å². The molecule has 1 aromatic rings. The van der Waals surface area contributed by atoms with E-state index in [1.807, 2.05) is 0 Å². The van der Waals surface area contributed by atoms with Gasteiger partial charge in [0.05, 0.1) is 0 Å². The Morgan fingerprint density at radius 2 is 1.11 bits per heavy atom. The van der Waals surface area contributed by atoms with Crippen molar-refractivity contribution < 1.29 is 0 Å². The van der Waals surface area contributed by atoms with E-state index >= 15 is 0 Å². The molecule has 0 spiro atoms. The molecule has 4 heteroatoms. The first-order chi connectivity index (χ1) is 12.8. The van der Waals surface area contributed by atoms with Crippen molar-refractivity contribution in [1.29, 1.82) is 0 Å². The minimum atomic E-state index is -1.27. The Kier molecular flexibility index (Phi) is 10.3. The second-order valence-electron chi connectivity index (χ2n) is 10.2. The Bertz CT molecular complexity index is 622. The molecule has 0 atom stereocenters. The summed E-state index contributed by atoms with van der Waals surface area (Å²) in [5, 5.41) is 0. The predicted octanol–water partition coefficient (Wildman–Crippen LogP) is 5.09. The van der Waals surface area contributed by atoms with Crippen molar-refractivity contribution in [3.63, 3.8) is 0 Å². The SMILES string of the molecule is CC(C)N(Cc1cccc(CN(C(C)C)C(C)C)[c]1[Ge]#[C][Si](C)(C)C)C(C)C. The molecule has 0 bridgehead atoms. The molecule has 2 nitrogen and oxygen atoms in total. The van der Waals surface area contributed by atoms with Crippen LogP contribution in [0.5, 0.6) is 0 Å². The summed E-state index contributed by atoms with van der Waals surface area (Å²) in [4.78, 5) is 5.23. The molecule has 0 aromatic heterocycles. The van der Waals surface area contributed by atoms with E-state index in [2.05, 4.69) is 107 Å². The number of hydrogen-bond acceptors (Lipinski definition) is 2. The van der Waals surface area contributed by atoms with Crippen LogP contribution in [-0.2, 0) is 13.1 Å². The third-order valence-corrected chi connectivity index (χ3v) is 13.4. The van der Waals surface area contributed by atoms with Crippen LogP contribution in [0.2, 0.25) is 19.6 Å². The van der Waals surface area contributed by atoms with Crippen molar-refractivity contribution in [2.75, 3.05) is 0 Å². The zero-order chi connectivity index (χ0) is 21.6. The summed E-state index contributed by atoms with van der Waals surface area (Å²) in [6, 6.07) is 9.27. The van der Waals surface area contributed by atoms with Gasteiger partial charge < -0.3 is 0 Å². The summed E-state index contributed by atoms with van der Waals surface area (Å²) in [6.07, 6.45) is 0. The van der Waals surface area contributed by atoms with Crippen LogP contribution >= 0.6 is 0 Å². The molecule has 0 aliphatic heterocycles. The van der Waals surface area contributed by atoms with Crippen molar-refractivity contribution in [2.24, 2.45) is 0 Å². The average molecular weight is 461 g/mol. The van der Waals surface area contributed by atoms with Crippen molar-refractivity contribution in [3.8, 4) is 4.28 Å². The van der Waals surface area contributed by atoms with E-state index in [-0.39, 0.29) is 14.8 Å². The van der Waals surface area contributed by atoms with E-state index in [1.54, 1.807) is 4.40 Å². The fraction of sp³-hybridized carbons (Fsp3) is 0.708. The zero-order valence-electron chi connectivity index (χ0n) is 20.4. The van der Waals surface area contributed by atoms with Crippen molar-refractivity contribution in [2.45, 2.75) is 112 Å². The van der Waals surface area contributed by atoms with Gasteiger partial charge in [-0.05, 0) is 0 Å². The first-order valence-electron chi connectivity index (χ1n) is 11.0. The summed E-state index contributed by atoms with van der Waals surface area (Å²) in [7, 11) is -1.27. The molecule has 158 valence electrons. The molecule has 1 aromatic carbocycles. The second-order valence-corrected chi connectivity index (χ2v) is 18.1. The average Bonchev–Trinajstić information content (AvgIpc) is 2.54. The Morgan fingerprint density at radius 1 is 0.750 bits per heavy atom. The van der Waals surface area contributed by atoms with Crippen LogP contribution in [0.25, 0.3) is 0 Å². The summed E-state index contributed by atoms with van der Waals surface area (Å²) in [5.74, 6) is 0. The number of hydrogen-bond donors (Lipinski definition) is 0. The van der Waals surface area contributed by atoms with E-state index < -0.39 is 8.07 Å². The van der Waals surface area contributed by atoms with Crippen LogP contribution < -0.4 is 4.40 Å². The molecule has 1 rings (SSSR count). The van der Waals surface area contributed by atoms with E-state index in [4.69, 9.17) is 0 Å². The Balaban J connectivity index is 3.45. The quantitative estimate of drug-likeness (QED) is 0.498. The van der Waals surface area contributed by atoms with Gasteiger partial charge in [0.2, 0.25) is 0 Å². The normalized spacial score (nSPS) is 12.6. The number of rotatable bonds is 8. The van der Waals surface area contributed by atoms with Gasteiger partial charge in [-0.25, -0.2) is 0 Å². The molecule has 0 fully saturated rings. The molecule has 0 radical (unpaired) electrons. The third kappa shape index (κ3) is 8.20. The standard InChI is InChI=1S/C24H44GeN2Si/c1-18(2)26(19(3)4)15-22-13-12-14-23(16-27(20(5)6)21(7)8)24(22)25-17-28(9,10)11/h12-14,18-21H,15-16H2,1-11H3. The first-order valence-corrected chi connectivity index (χ1v) is 16.6. The molecule has 0 aliphatic carbocycles. The fourth-order valence-electron chi connectivity index (χ4n) is 3.64. The fourth-order valence-corrected chi connectivity index (χ4v) is 8.65. The van der Waals surface area contributed by atoms with Crippen molar-refractivity contribution in [1.82, 2.24) is 9.80 Å². The van der Waals surface area contributed by atoms with Crippen molar-refractivity contribution >= 4 is 27.3 Å². The van der Waals surface area contributed by atoms with Gasteiger partial charge in [0.15, 0.2) is 0 Å². The Labute approximate surface area is 182 Å². The predicted molar refractivity (Wildman–Crippen MR) is 131 cm³/mol. The van der Waals surface area contributed by atoms with Gasteiger partial charge in [0, 0.05) is 0 Å². The molecular weight excluding hydrogens is 417 g/mol. The molecule has 0 amide bonds. The van der Waals surface area contributed by atoms with E-state index in [0.717, 1.165) is 13.1 Å². The molecule has 0 aliphatic rings. The van der Waals surface area contributed by atoms with Gasteiger partial charge in [0.25, 0.3) is 0 Å². The van der Waals surface area contributed by atoms with Gasteiger partial charge >= 0.3 is 183 Å². The zero-order valence-corrected chi connectivity index (χ0v) is 23.4. The monoisotopic (exact) mass is 462 g/mol. The summed E-state index contributed by atoms with van der Waals surface area (Å²) < 4.78 is 5.65. The number of nitrogens with zero attached hydrogens (tertiary/aromatic N) is 2. The van der Waals surface area contributed by atoms with Gasteiger partial charge in [-0.15, -0.1) is 0 Å². The van der Waals surface area contributed by atoms with Gasteiger partial charge in [0.1, 0.15) is 0 Å². The van der Waals surface area contributed by atoms with Crippen LogP contribution in [0.4, 0.5) is 0 Å².